The summed E-state index contributed by atoms with van der Waals surface area (Å²) in [5.74, 6) is 1.02. The third kappa shape index (κ3) is 16.1. The van der Waals surface area contributed by atoms with E-state index in [9.17, 15) is 0 Å². The van der Waals surface area contributed by atoms with Crippen molar-refractivity contribution < 1.29 is 0 Å². The molecule has 0 heterocycles. The second kappa shape index (κ2) is 19.7. The second-order valence-corrected chi connectivity index (χ2v) is 8.78. The van der Waals surface area contributed by atoms with E-state index in [0.717, 1.165) is 12.5 Å². The molecule has 0 aromatic rings. The molecule has 0 aromatic carbocycles. The van der Waals surface area contributed by atoms with E-state index in [1.165, 1.54) is 142 Å². The van der Waals surface area contributed by atoms with E-state index >= 15 is 0 Å². The molecular formula is C24H50N2. The van der Waals surface area contributed by atoms with Crippen molar-refractivity contribution in [2.75, 3.05) is 19.6 Å². The molecule has 0 saturated heterocycles. The minimum absolute atomic E-state index is 0.849. The minimum Gasteiger partial charge on any atom is -0.330 e. The van der Waals surface area contributed by atoms with Gasteiger partial charge in [-0.25, -0.2) is 0 Å². The van der Waals surface area contributed by atoms with Crippen LogP contribution in [-0.2, 0) is 0 Å². The van der Waals surface area contributed by atoms with Crippen molar-refractivity contribution in [1.82, 2.24) is 5.32 Å². The molecule has 0 aliphatic heterocycles. The molecule has 0 spiro atoms. The van der Waals surface area contributed by atoms with E-state index in [1.54, 1.807) is 0 Å². The van der Waals surface area contributed by atoms with Crippen LogP contribution in [0.1, 0.15) is 128 Å². The number of rotatable bonds is 10. The van der Waals surface area contributed by atoms with E-state index in [4.69, 9.17) is 5.73 Å². The molecule has 26 heavy (non-hydrogen) atoms. The third-order valence-electron chi connectivity index (χ3n) is 6.25. The lowest BCUT2D eigenvalue weighted by Crippen LogP contribution is -2.17. The monoisotopic (exact) mass is 366 g/mol. The van der Waals surface area contributed by atoms with Crippen molar-refractivity contribution in [2.45, 2.75) is 128 Å². The largest absolute Gasteiger partial charge is 0.330 e. The summed E-state index contributed by atoms with van der Waals surface area (Å²) in [5, 5.41) is 3.62. The summed E-state index contributed by atoms with van der Waals surface area (Å²) in [5.41, 5.74) is 5.54. The normalized spacial score (nSPS) is 19.7. The van der Waals surface area contributed by atoms with Crippen molar-refractivity contribution in [3.05, 3.63) is 0 Å². The van der Waals surface area contributed by atoms with Crippen LogP contribution in [0.5, 0.6) is 0 Å². The zero-order valence-corrected chi connectivity index (χ0v) is 17.9. The van der Waals surface area contributed by atoms with Crippen molar-refractivity contribution in [1.29, 1.82) is 0 Å². The van der Waals surface area contributed by atoms with Crippen molar-refractivity contribution >= 4 is 0 Å². The molecule has 1 aliphatic carbocycles. The Morgan fingerprint density at radius 3 is 1.50 bits per heavy atom. The smallest absolute Gasteiger partial charge is 0.00489 e. The molecule has 0 unspecified atom stereocenters. The standard InChI is InChI=1S/C24H50N2/c25-21-15-11-16-22-26-23-17-14-20-24-18-12-9-7-5-3-1-2-4-6-8-10-13-19-24/h24,26H,1-23,25H2. The van der Waals surface area contributed by atoms with Gasteiger partial charge in [-0.05, 0) is 44.8 Å². The molecule has 0 aromatic heterocycles. The number of nitrogens with two attached hydrogens (primary N) is 1. The summed E-state index contributed by atoms with van der Waals surface area (Å²) in [4.78, 5) is 0. The topological polar surface area (TPSA) is 38.0 Å². The Bertz CT molecular complexity index is 251. The summed E-state index contributed by atoms with van der Waals surface area (Å²) >= 11 is 0. The number of unbranched alkanes of at least 4 members (excludes halogenated alkanes) is 3. The van der Waals surface area contributed by atoms with Gasteiger partial charge in [-0.15, -0.1) is 0 Å². The van der Waals surface area contributed by atoms with Crippen LogP contribution in [0.25, 0.3) is 0 Å². The molecule has 0 amide bonds. The van der Waals surface area contributed by atoms with Crippen molar-refractivity contribution in [2.24, 2.45) is 11.7 Å². The lowest BCUT2D eigenvalue weighted by atomic mass is 9.90. The molecule has 2 nitrogen and oxygen atoms in total. The predicted molar refractivity (Wildman–Crippen MR) is 118 cm³/mol. The molecule has 1 rings (SSSR count). The molecule has 0 bridgehead atoms. The van der Waals surface area contributed by atoms with Crippen molar-refractivity contribution in [3.8, 4) is 0 Å². The number of hydrogen-bond acceptors (Lipinski definition) is 2. The minimum atomic E-state index is 0.849. The average molecular weight is 367 g/mol. The van der Waals surface area contributed by atoms with E-state index in [2.05, 4.69) is 5.32 Å². The lowest BCUT2D eigenvalue weighted by molar-refractivity contribution is 0.368. The highest BCUT2D eigenvalue weighted by Gasteiger charge is 2.09. The van der Waals surface area contributed by atoms with Crippen LogP contribution >= 0.6 is 0 Å². The zero-order valence-electron chi connectivity index (χ0n) is 17.9. The van der Waals surface area contributed by atoms with Crippen LogP contribution in [0.3, 0.4) is 0 Å². The first kappa shape index (κ1) is 24.0. The summed E-state index contributed by atoms with van der Waals surface area (Å²) in [7, 11) is 0. The van der Waals surface area contributed by atoms with Crippen LogP contribution in [-0.4, -0.2) is 19.6 Å². The Morgan fingerprint density at radius 1 is 0.538 bits per heavy atom. The van der Waals surface area contributed by atoms with Gasteiger partial charge in [-0.2, -0.15) is 0 Å². The molecule has 1 aliphatic rings. The van der Waals surface area contributed by atoms with Gasteiger partial charge in [0.1, 0.15) is 0 Å². The molecule has 156 valence electrons. The van der Waals surface area contributed by atoms with Crippen LogP contribution in [0.4, 0.5) is 0 Å². The van der Waals surface area contributed by atoms with Gasteiger partial charge >= 0.3 is 0 Å². The Morgan fingerprint density at radius 2 is 1.00 bits per heavy atom. The van der Waals surface area contributed by atoms with Gasteiger partial charge < -0.3 is 11.1 Å². The molecular weight excluding hydrogens is 316 g/mol. The van der Waals surface area contributed by atoms with Gasteiger partial charge in [-0.1, -0.05) is 109 Å². The molecule has 1 fully saturated rings. The summed E-state index contributed by atoms with van der Waals surface area (Å²) in [6.45, 7) is 3.25. The summed E-state index contributed by atoms with van der Waals surface area (Å²) in [6.07, 6.45) is 28.9. The lowest BCUT2D eigenvalue weighted by Gasteiger charge is -2.17. The highest BCUT2D eigenvalue weighted by molar-refractivity contribution is 4.63. The number of nitrogens with one attached hydrogen (secondary N) is 1. The molecule has 0 radical (unpaired) electrons. The van der Waals surface area contributed by atoms with Gasteiger partial charge in [0.15, 0.2) is 0 Å². The molecule has 2 heteroatoms. The first-order chi connectivity index (χ1) is 12.9. The Balaban J connectivity index is 2.07. The highest BCUT2D eigenvalue weighted by atomic mass is 14.8. The Kier molecular flexibility index (Phi) is 18.1. The van der Waals surface area contributed by atoms with Crippen molar-refractivity contribution in [3.63, 3.8) is 0 Å². The van der Waals surface area contributed by atoms with Gasteiger partial charge in [0.05, 0.1) is 0 Å². The fourth-order valence-corrected chi connectivity index (χ4v) is 4.45. The van der Waals surface area contributed by atoms with Crippen LogP contribution in [0.15, 0.2) is 0 Å². The van der Waals surface area contributed by atoms with Crippen LogP contribution < -0.4 is 11.1 Å². The fraction of sp³-hybridized carbons (Fsp3) is 1.00. The zero-order chi connectivity index (χ0) is 18.5. The first-order valence-electron chi connectivity index (χ1n) is 12.3. The third-order valence-corrected chi connectivity index (χ3v) is 6.25. The van der Waals surface area contributed by atoms with E-state index in [1.807, 2.05) is 0 Å². The average Bonchev–Trinajstić information content (AvgIpc) is 2.66. The first-order valence-corrected chi connectivity index (χ1v) is 12.3. The Labute approximate surface area is 165 Å². The maximum Gasteiger partial charge on any atom is -0.00489 e. The van der Waals surface area contributed by atoms with Gasteiger partial charge in [0, 0.05) is 0 Å². The van der Waals surface area contributed by atoms with Gasteiger partial charge in [0.2, 0.25) is 0 Å². The molecule has 1 saturated carbocycles. The number of hydrogen-bond donors (Lipinski definition) is 2. The quantitative estimate of drug-likeness (QED) is 0.410. The highest BCUT2D eigenvalue weighted by Crippen LogP contribution is 2.24. The summed E-state index contributed by atoms with van der Waals surface area (Å²) < 4.78 is 0. The second-order valence-electron chi connectivity index (χ2n) is 8.78. The van der Waals surface area contributed by atoms with Crippen LogP contribution in [0, 0.1) is 5.92 Å². The van der Waals surface area contributed by atoms with Gasteiger partial charge in [-0.3, -0.25) is 0 Å². The van der Waals surface area contributed by atoms with E-state index < -0.39 is 0 Å². The van der Waals surface area contributed by atoms with E-state index in [-0.39, 0.29) is 0 Å². The maximum absolute atomic E-state index is 5.54. The van der Waals surface area contributed by atoms with Crippen LogP contribution in [0.2, 0.25) is 0 Å². The SMILES string of the molecule is NCCCCCNCCCCC1CCCCCCCCCCCCCC1. The fourth-order valence-electron chi connectivity index (χ4n) is 4.45. The van der Waals surface area contributed by atoms with Gasteiger partial charge in [0.25, 0.3) is 0 Å². The maximum atomic E-state index is 5.54. The predicted octanol–water partition coefficient (Wildman–Crippen LogP) is 6.97. The van der Waals surface area contributed by atoms with E-state index in [0.29, 0.717) is 0 Å². The molecule has 0 atom stereocenters. The molecule has 3 N–H and O–H groups in total. The summed E-state index contributed by atoms with van der Waals surface area (Å²) in [6, 6.07) is 0. The Hall–Kier alpha value is -0.0800.